The molecule has 0 spiro atoms. The number of carboxylic acids is 2. The first-order chi connectivity index (χ1) is 25.7. The van der Waals surface area contributed by atoms with Gasteiger partial charge < -0.3 is 40.0 Å². The van der Waals surface area contributed by atoms with Gasteiger partial charge in [0.2, 0.25) is 0 Å². The summed E-state index contributed by atoms with van der Waals surface area (Å²) in [6.45, 7) is -0.460. The molecule has 53 heavy (non-hydrogen) atoms. The van der Waals surface area contributed by atoms with Crippen LogP contribution >= 0.6 is 11.6 Å². The van der Waals surface area contributed by atoms with Crippen molar-refractivity contribution >= 4 is 34.6 Å². The van der Waals surface area contributed by atoms with Crippen LogP contribution in [0.1, 0.15) is 29.5 Å². The number of hydrogen-bond donors (Lipinski definition) is 6. The van der Waals surface area contributed by atoms with Gasteiger partial charge in [-0.15, -0.1) is 0 Å². The number of rotatable bonds is 21. The molecule has 16 heteroatoms. The lowest BCUT2D eigenvalue weighted by Crippen LogP contribution is -2.40. The van der Waals surface area contributed by atoms with Gasteiger partial charge in [0.1, 0.15) is 59.4 Å². The average molecular weight is 753 g/mol. The highest BCUT2D eigenvalue weighted by atomic mass is 35.5. The number of unbranched alkanes of at least 4 members (excludes halogenated alkanes) is 1. The van der Waals surface area contributed by atoms with Crippen LogP contribution < -0.4 is 24.8 Å². The fourth-order valence-corrected chi connectivity index (χ4v) is 5.49. The largest absolute Gasteiger partial charge is 0.494 e. The van der Waals surface area contributed by atoms with Crippen molar-refractivity contribution in [2.75, 3.05) is 26.4 Å². The number of aliphatic carboxylic acids is 2. The number of benzene rings is 4. The molecule has 280 valence electrons. The molecule has 6 N–H and O–H groups in total. The van der Waals surface area contributed by atoms with Crippen LogP contribution in [0.5, 0.6) is 17.2 Å². The van der Waals surface area contributed by atoms with Crippen LogP contribution in [-0.4, -0.2) is 81.1 Å². The van der Waals surface area contributed by atoms with Crippen molar-refractivity contribution in [2.45, 2.75) is 44.7 Å². The number of halogens is 2. The van der Waals surface area contributed by atoms with E-state index in [2.05, 4.69) is 20.9 Å². The maximum Gasteiger partial charge on any atom is 0.323 e. The molecule has 14 nitrogen and oxygen atoms in total. The summed E-state index contributed by atoms with van der Waals surface area (Å²) >= 11 is 6.59. The van der Waals surface area contributed by atoms with Crippen LogP contribution in [0.3, 0.4) is 0 Å². The first-order valence-corrected chi connectivity index (χ1v) is 17.0. The van der Waals surface area contributed by atoms with Crippen molar-refractivity contribution in [3.8, 4) is 28.4 Å². The lowest BCUT2D eigenvalue weighted by Gasteiger charge is -2.18. The molecule has 2 unspecified atom stereocenters. The summed E-state index contributed by atoms with van der Waals surface area (Å²) in [5.74, 6) is -1.79. The third kappa shape index (κ3) is 10.6. The van der Waals surface area contributed by atoms with E-state index in [1.165, 1.54) is 0 Å². The number of nitrogens with zero attached hydrogens (tertiary/aromatic N) is 2. The van der Waals surface area contributed by atoms with Crippen LogP contribution in [0.15, 0.2) is 77.4 Å². The van der Waals surface area contributed by atoms with Gasteiger partial charge in [0, 0.05) is 29.3 Å². The predicted octanol–water partition coefficient (Wildman–Crippen LogP) is 4.57. The van der Waals surface area contributed by atoms with E-state index in [1.54, 1.807) is 72.8 Å². The second kappa shape index (κ2) is 19.0. The highest BCUT2D eigenvalue weighted by Crippen LogP contribution is 2.35. The summed E-state index contributed by atoms with van der Waals surface area (Å²) in [6, 6.07) is 18.1. The van der Waals surface area contributed by atoms with Crippen LogP contribution in [0.25, 0.3) is 22.2 Å². The Morgan fingerprint density at radius 1 is 0.792 bits per heavy atom. The molecule has 0 amide bonds. The number of aliphatic hydroxyl groups excluding tert-OH is 2. The molecule has 1 aromatic heterocycles. The maximum atomic E-state index is 15.9. The Balaban J connectivity index is 1.26. The predicted molar refractivity (Wildman–Crippen MR) is 190 cm³/mol. The van der Waals surface area contributed by atoms with Crippen molar-refractivity contribution in [1.29, 1.82) is 0 Å². The molecule has 5 aromatic rings. The number of ether oxygens (including phenoxy) is 3. The fourth-order valence-electron chi connectivity index (χ4n) is 5.25. The quantitative estimate of drug-likeness (QED) is 0.0569. The molecule has 0 saturated heterocycles. The minimum Gasteiger partial charge on any atom is -0.494 e. The Labute approximate surface area is 308 Å². The van der Waals surface area contributed by atoms with Crippen LogP contribution in [0, 0.1) is 5.82 Å². The van der Waals surface area contributed by atoms with Crippen molar-refractivity contribution in [1.82, 2.24) is 20.9 Å². The highest BCUT2D eigenvalue weighted by molar-refractivity contribution is 6.32. The van der Waals surface area contributed by atoms with Gasteiger partial charge in [-0.1, -0.05) is 48.0 Å². The SMILES string of the molecule is O=C(O)C(CO)NCCCCOc1cccc(-c2cccc(COc3cc(OCc4ccc5nonc5c4)c(CNC(CO)C(=O)O)cc3Cl)c2F)c1. The zero-order chi connectivity index (χ0) is 37.7. The summed E-state index contributed by atoms with van der Waals surface area (Å²) in [7, 11) is 0. The number of carboxylic acid groups (broad SMARTS) is 2. The Morgan fingerprint density at radius 3 is 2.30 bits per heavy atom. The summed E-state index contributed by atoms with van der Waals surface area (Å²) in [4.78, 5) is 22.5. The first kappa shape index (κ1) is 38.9. The number of fused-ring (bicyclic) bond motifs is 1. The Hall–Kier alpha value is -5.32. The molecule has 4 aromatic carbocycles. The number of hydrogen-bond acceptors (Lipinski definition) is 12. The van der Waals surface area contributed by atoms with Gasteiger partial charge in [0.15, 0.2) is 0 Å². The zero-order valence-corrected chi connectivity index (χ0v) is 29.1. The number of nitrogens with one attached hydrogen (secondary N) is 2. The van der Waals surface area contributed by atoms with Gasteiger partial charge in [0.25, 0.3) is 0 Å². The van der Waals surface area contributed by atoms with E-state index in [1.807, 2.05) is 0 Å². The van der Waals surface area contributed by atoms with E-state index in [-0.39, 0.29) is 36.1 Å². The minimum absolute atomic E-state index is 0.00635. The summed E-state index contributed by atoms with van der Waals surface area (Å²) in [6.07, 6.45) is 1.26. The standard InChI is InChI=1S/C37H38ClFN4O10/c38-28-15-25(17-41-32(19-45)37(48)49)33(51-20-22-9-10-29-30(13-22)43-53-42-29)16-34(28)52-21-24-6-4-8-27(35(24)39)23-5-3-7-26(14-23)50-12-2-1-11-40-31(18-44)36(46)47/h3-10,13-16,31-32,40-41,44-45H,1-2,11-12,17-21H2,(H,46,47)(H,48,49). The fraction of sp³-hybridized carbons (Fsp3) is 0.297. The molecule has 0 aliphatic carbocycles. The Kier molecular flexibility index (Phi) is 13.9. The number of carbonyl (C=O) groups is 2. The van der Waals surface area contributed by atoms with Crippen molar-refractivity contribution in [2.24, 2.45) is 0 Å². The zero-order valence-electron chi connectivity index (χ0n) is 28.3. The number of aromatic nitrogens is 2. The van der Waals surface area contributed by atoms with Gasteiger partial charge in [-0.25, -0.2) is 9.02 Å². The van der Waals surface area contributed by atoms with Crippen molar-refractivity contribution in [3.05, 3.63) is 100 Å². The Bertz CT molecular complexity index is 2010. The lowest BCUT2D eigenvalue weighted by atomic mass is 10.0. The topological polar surface area (TPSA) is 206 Å². The lowest BCUT2D eigenvalue weighted by molar-refractivity contribution is -0.141. The Morgan fingerprint density at radius 2 is 1.53 bits per heavy atom. The van der Waals surface area contributed by atoms with Gasteiger partial charge in [0.05, 0.1) is 24.8 Å². The summed E-state index contributed by atoms with van der Waals surface area (Å²) < 4.78 is 38.6. The minimum atomic E-state index is -1.23. The van der Waals surface area contributed by atoms with E-state index >= 15 is 4.39 Å². The molecule has 0 fully saturated rings. The summed E-state index contributed by atoms with van der Waals surface area (Å²) in [5.41, 5.74) is 3.54. The van der Waals surface area contributed by atoms with Gasteiger partial charge in [-0.2, -0.15) is 0 Å². The van der Waals surface area contributed by atoms with Gasteiger partial charge in [-0.05, 0) is 71.2 Å². The van der Waals surface area contributed by atoms with Gasteiger partial charge in [-0.3, -0.25) is 14.9 Å². The molecule has 0 aliphatic heterocycles. The van der Waals surface area contributed by atoms with E-state index in [9.17, 15) is 19.8 Å². The second-order valence-electron chi connectivity index (χ2n) is 11.9. The summed E-state index contributed by atoms with van der Waals surface area (Å²) in [5, 5.41) is 50.3. The normalized spacial score (nSPS) is 12.4. The second-order valence-corrected chi connectivity index (χ2v) is 12.3. The van der Waals surface area contributed by atoms with Crippen LogP contribution in [-0.2, 0) is 29.3 Å². The molecule has 0 aliphatic rings. The monoisotopic (exact) mass is 752 g/mol. The average Bonchev–Trinajstić information content (AvgIpc) is 3.62. The van der Waals surface area contributed by atoms with Crippen molar-refractivity contribution in [3.63, 3.8) is 0 Å². The van der Waals surface area contributed by atoms with Crippen molar-refractivity contribution < 1.29 is 53.2 Å². The maximum absolute atomic E-state index is 15.9. The highest BCUT2D eigenvalue weighted by Gasteiger charge is 2.19. The van der Waals surface area contributed by atoms with E-state index < -0.39 is 43.1 Å². The molecule has 1 heterocycles. The smallest absolute Gasteiger partial charge is 0.323 e. The first-order valence-electron chi connectivity index (χ1n) is 16.6. The molecule has 0 radical (unpaired) electrons. The third-order valence-corrected chi connectivity index (χ3v) is 8.46. The molecule has 0 bridgehead atoms. The molecule has 2 atom stereocenters. The van der Waals surface area contributed by atoms with E-state index in [4.69, 9.17) is 40.7 Å². The van der Waals surface area contributed by atoms with E-state index in [0.29, 0.717) is 65.2 Å². The molecule has 5 rings (SSSR count). The van der Waals surface area contributed by atoms with E-state index in [0.717, 1.165) is 5.56 Å². The van der Waals surface area contributed by atoms with Crippen LogP contribution in [0.2, 0.25) is 5.02 Å². The molecular formula is C37H38ClFN4O10. The van der Waals surface area contributed by atoms with Gasteiger partial charge >= 0.3 is 11.9 Å². The third-order valence-electron chi connectivity index (χ3n) is 8.17. The van der Waals surface area contributed by atoms with Crippen LogP contribution in [0.4, 0.5) is 4.39 Å². The molecular weight excluding hydrogens is 715 g/mol. The number of aliphatic hydroxyl groups is 2. The molecule has 0 saturated carbocycles.